The van der Waals surface area contributed by atoms with Crippen LogP contribution in [0, 0.1) is 18.6 Å². The lowest BCUT2D eigenvalue weighted by Crippen LogP contribution is -2.04. The Kier molecular flexibility index (Phi) is 4.61. The normalized spacial score (nSPS) is 12.2. The minimum atomic E-state index is -0.762. The molecule has 0 aliphatic carbocycles. The Morgan fingerprint density at radius 1 is 1.15 bits per heavy atom. The SMILES string of the molecule is COc1cc(F)c(C(Cl)Cc2ccccc2C)c(F)c1. The third kappa shape index (κ3) is 3.10. The summed E-state index contributed by atoms with van der Waals surface area (Å²) in [6, 6.07) is 9.93. The number of benzene rings is 2. The highest BCUT2D eigenvalue weighted by molar-refractivity contribution is 6.21. The number of aryl methyl sites for hydroxylation is 1. The number of halogens is 3. The van der Waals surface area contributed by atoms with Crippen molar-refractivity contribution in [3.63, 3.8) is 0 Å². The van der Waals surface area contributed by atoms with Crippen molar-refractivity contribution in [3.05, 3.63) is 64.7 Å². The molecule has 1 atom stereocenters. The Labute approximate surface area is 122 Å². The van der Waals surface area contributed by atoms with E-state index in [1.54, 1.807) is 0 Å². The van der Waals surface area contributed by atoms with Crippen molar-refractivity contribution >= 4 is 11.6 Å². The van der Waals surface area contributed by atoms with Gasteiger partial charge >= 0.3 is 0 Å². The molecule has 2 aromatic rings. The molecule has 106 valence electrons. The lowest BCUT2D eigenvalue weighted by molar-refractivity contribution is 0.405. The highest BCUT2D eigenvalue weighted by Crippen LogP contribution is 2.32. The van der Waals surface area contributed by atoms with E-state index in [9.17, 15) is 8.78 Å². The van der Waals surface area contributed by atoms with Crippen molar-refractivity contribution in [1.29, 1.82) is 0 Å². The zero-order valence-electron chi connectivity index (χ0n) is 11.3. The van der Waals surface area contributed by atoms with E-state index in [0.717, 1.165) is 23.3 Å². The van der Waals surface area contributed by atoms with E-state index in [1.165, 1.54) is 7.11 Å². The largest absolute Gasteiger partial charge is 0.497 e. The average molecular weight is 297 g/mol. The van der Waals surface area contributed by atoms with Gasteiger partial charge in [0.2, 0.25) is 0 Å². The summed E-state index contributed by atoms with van der Waals surface area (Å²) in [6.07, 6.45) is 0.369. The van der Waals surface area contributed by atoms with Crippen LogP contribution in [0.2, 0.25) is 0 Å². The van der Waals surface area contributed by atoms with Crippen LogP contribution >= 0.6 is 11.6 Å². The molecular formula is C16H15ClF2O. The van der Waals surface area contributed by atoms with E-state index < -0.39 is 17.0 Å². The van der Waals surface area contributed by atoms with Crippen molar-refractivity contribution in [3.8, 4) is 5.75 Å². The summed E-state index contributed by atoms with van der Waals surface area (Å²) in [5.74, 6) is -1.23. The van der Waals surface area contributed by atoms with Crippen LogP contribution in [0.3, 0.4) is 0 Å². The molecule has 0 bridgehead atoms. The third-order valence-corrected chi connectivity index (χ3v) is 3.63. The van der Waals surface area contributed by atoms with Crippen LogP contribution in [0.15, 0.2) is 36.4 Å². The van der Waals surface area contributed by atoms with Crippen LogP contribution < -0.4 is 4.74 Å². The van der Waals surface area contributed by atoms with Gasteiger partial charge in [0, 0.05) is 17.7 Å². The topological polar surface area (TPSA) is 9.23 Å². The van der Waals surface area contributed by atoms with Gasteiger partial charge in [-0.15, -0.1) is 11.6 Å². The highest BCUT2D eigenvalue weighted by atomic mass is 35.5. The number of rotatable bonds is 4. The maximum absolute atomic E-state index is 13.9. The fourth-order valence-electron chi connectivity index (χ4n) is 2.11. The molecule has 0 N–H and O–H groups in total. The first kappa shape index (κ1) is 14.8. The molecule has 0 saturated heterocycles. The second-order valence-corrected chi connectivity index (χ2v) is 5.13. The van der Waals surface area contributed by atoms with Crippen LogP contribution in [0.4, 0.5) is 8.78 Å². The smallest absolute Gasteiger partial charge is 0.134 e. The van der Waals surface area contributed by atoms with Crippen molar-refractivity contribution in [2.75, 3.05) is 7.11 Å². The lowest BCUT2D eigenvalue weighted by Gasteiger charge is -2.14. The minimum Gasteiger partial charge on any atom is -0.497 e. The van der Waals surface area contributed by atoms with Crippen molar-refractivity contribution < 1.29 is 13.5 Å². The second kappa shape index (κ2) is 6.23. The first-order chi connectivity index (χ1) is 9.52. The van der Waals surface area contributed by atoms with E-state index >= 15 is 0 Å². The van der Waals surface area contributed by atoms with Crippen LogP contribution in [0.1, 0.15) is 22.1 Å². The number of hydrogen-bond acceptors (Lipinski definition) is 1. The molecule has 0 spiro atoms. The number of hydrogen-bond donors (Lipinski definition) is 0. The summed E-state index contributed by atoms with van der Waals surface area (Å²) in [5.41, 5.74) is 1.91. The Hall–Kier alpha value is -1.61. The molecule has 1 nitrogen and oxygen atoms in total. The molecule has 0 amide bonds. The molecular weight excluding hydrogens is 282 g/mol. The zero-order valence-corrected chi connectivity index (χ0v) is 12.0. The van der Waals surface area contributed by atoms with Crippen molar-refractivity contribution in [2.45, 2.75) is 18.7 Å². The molecule has 0 fully saturated rings. The van der Waals surface area contributed by atoms with E-state index in [2.05, 4.69) is 0 Å². The van der Waals surface area contributed by atoms with Gasteiger partial charge in [0.05, 0.1) is 12.5 Å². The summed E-state index contributed by atoms with van der Waals surface area (Å²) in [5, 5.41) is -0.762. The number of ether oxygens (including phenoxy) is 1. The molecule has 4 heteroatoms. The lowest BCUT2D eigenvalue weighted by atomic mass is 9.99. The Balaban J connectivity index is 2.30. The Bertz CT molecular complexity index is 590. The Morgan fingerprint density at radius 3 is 2.30 bits per heavy atom. The van der Waals surface area contributed by atoms with E-state index in [0.29, 0.717) is 6.42 Å². The highest BCUT2D eigenvalue weighted by Gasteiger charge is 2.20. The van der Waals surface area contributed by atoms with Gasteiger partial charge in [-0.1, -0.05) is 24.3 Å². The summed E-state index contributed by atoms with van der Waals surface area (Å²) >= 11 is 6.20. The van der Waals surface area contributed by atoms with Crippen LogP contribution in [0.25, 0.3) is 0 Å². The van der Waals surface area contributed by atoms with Gasteiger partial charge in [-0.3, -0.25) is 0 Å². The van der Waals surface area contributed by atoms with E-state index in [4.69, 9.17) is 16.3 Å². The standard InChI is InChI=1S/C16H15ClF2O/c1-10-5-3-4-6-11(10)7-13(17)16-14(18)8-12(20-2)9-15(16)19/h3-6,8-9,13H,7H2,1-2H3. The monoisotopic (exact) mass is 296 g/mol. The summed E-state index contributed by atoms with van der Waals surface area (Å²) in [6.45, 7) is 1.94. The molecule has 0 radical (unpaired) electrons. The molecule has 0 heterocycles. The number of alkyl halides is 1. The molecule has 0 aromatic heterocycles. The van der Waals surface area contributed by atoms with E-state index in [-0.39, 0.29) is 11.3 Å². The first-order valence-corrected chi connectivity index (χ1v) is 6.68. The van der Waals surface area contributed by atoms with Crippen molar-refractivity contribution in [1.82, 2.24) is 0 Å². The van der Waals surface area contributed by atoms with E-state index in [1.807, 2.05) is 31.2 Å². The predicted molar refractivity (Wildman–Crippen MR) is 76.4 cm³/mol. The summed E-state index contributed by atoms with van der Waals surface area (Å²) < 4.78 is 32.7. The van der Waals surface area contributed by atoms with Gasteiger partial charge in [0.25, 0.3) is 0 Å². The molecule has 0 aliphatic heterocycles. The zero-order chi connectivity index (χ0) is 14.7. The third-order valence-electron chi connectivity index (χ3n) is 3.26. The van der Waals surface area contributed by atoms with Gasteiger partial charge < -0.3 is 4.74 Å². The van der Waals surface area contributed by atoms with Gasteiger partial charge in [0.1, 0.15) is 17.4 Å². The second-order valence-electron chi connectivity index (χ2n) is 4.60. The fraction of sp³-hybridized carbons (Fsp3) is 0.250. The summed E-state index contributed by atoms with van der Waals surface area (Å²) in [7, 11) is 1.36. The first-order valence-electron chi connectivity index (χ1n) is 6.24. The summed E-state index contributed by atoms with van der Waals surface area (Å²) in [4.78, 5) is 0. The predicted octanol–water partition coefficient (Wildman–Crippen LogP) is 4.80. The molecule has 2 rings (SSSR count). The maximum atomic E-state index is 13.9. The quantitative estimate of drug-likeness (QED) is 0.736. The molecule has 20 heavy (non-hydrogen) atoms. The minimum absolute atomic E-state index is 0.115. The van der Waals surface area contributed by atoms with Gasteiger partial charge in [-0.25, -0.2) is 8.78 Å². The maximum Gasteiger partial charge on any atom is 0.134 e. The molecule has 0 saturated carbocycles. The molecule has 1 unspecified atom stereocenters. The molecule has 0 aliphatic rings. The van der Waals surface area contributed by atoms with Crippen molar-refractivity contribution in [2.24, 2.45) is 0 Å². The fourth-order valence-corrected chi connectivity index (χ4v) is 2.49. The van der Waals surface area contributed by atoms with Crippen LogP contribution in [0.5, 0.6) is 5.75 Å². The number of methoxy groups -OCH3 is 1. The van der Waals surface area contributed by atoms with Crippen LogP contribution in [-0.4, -0.2) is 7.11 Å². The molecule has 2 aromatic carbocycles. The van der Waals surface area contributed by atoms with Gasteiger partial charge in [0.15, 0.2) is 0 Å². The van der Waals surface area contributed by atoms with Gasteiger partial charge in [-0.2, -0.15) is 0 Å². The van der Waals surface area contributed by atoms with Crippen LogP contribution in [-0.2, 0) is 6.42 Å². The Morgan fingerprint density at radius 2 is 1.75 bits per heavy atom. The van der Waals surface area contributed by atoms with Gasteiger partial charge in [-0.05, 0) is 24.5 Å². The average Bonchev–Trinajstić information content (AvgIpc) is 2.40.